The van der Waals surface area contributed by atoms with E-state index in [9.17, 15) is 4.79 Å². The summed E-state index contributed by atoms with van der Waals surface area (Å²) in [5, 5.41) is 21.1. The van der Waals surface area contributed by atoms with E-state index in [-0.39, 0.29) is 17.0 Å². The Morgan fingerprint density at radius 3 is 2.56 bits per heavy atom. The molecule has 0 aliphatic heterocycles. The van der Waals surface area contributed by atoms with Crippen LogP contribution in [0.25, 0.3) is 21.9 Å². The molecule has 0 spiro atoms. The number of nitrogens with zero attached hydrogens (tertiary/aromatic N) is 1. The Kier molecular flexibility index (Phi) is 5.21. The smallest absolute Gasteiger partial charge is 0.335 e. The minimum absolute atomic E-state index is 0. The second kappa shape index (κ2) is 7.16. The minimum Gasteiger partial charge on any atom is -0.478 e. The summed E-state index contributed by atoms with van der Waals surface area (Å²) in [5.74, 6) is -0.802. The van der Waals surface area contributed by atoms with Crippen LogP contribution in [0.5, 0.6) is 0 Å². The number of aromatic nitrogens is 1. The van der Waals surface area contributed by atoms with Crippen LogP contribution in [0.1, 0.15) is 10.4 Å². The van der Waals surface area contributed by atoms with Crippen molar-refractivity contribution in [1.29, 1.82) is 5.41 Å². The van der Waals surface area contributed by atoms with Crippen molar-refractivity contribution < 1.29 is 15.4 Å². The van der Waals surface area contributed by atoms with Gasteiger partial charge in [-0.2, -0.15) is 0 Å². The van der Waals surface area contributed by atoms with Gasteiger partial charge in [0.15, 0.2) is 5.96 Å². The number of carboxylic acids is 1. The van der Waals surface area contributed by atoms with Crippen molar-refractivity contribution >= 4 is 40.1 Å². The van der Waals surface area contributed by atoms with Gasteiger partial charge in [0.2, 0.25) is 0 Å². The molecule has 0 aliphatic carbocycles. The Morgan fingerprint density at radius 2 is 1.88 bits per heavy atom. The predicted molar refractivity (Wildman–Crippen MR) is 98.3 cm³/mol. The van der Waals surface area contributed by atoms with Crippen molar-refractivity contribution in [2.75, 3.05) is 5.32 Å². The zero-order chi connectivity index (χ0) is 17.3. The van der Waals surface area contributed by atoms with Crippen LogP contribution in [0.4, 0.5) is 5.82 Å². The van der Waals surface area contributed by atoms with Gasteiger partial charge < -0.3 is 21.6 Å². The van der Waals surface area contributed by atoms with Crippen LogP contribution in [-0.4, -0.2) is 27.5 Å². The maximum atomic E-state index is 11.1. The van der Waals surface area contributed by atoms with Crippen LogP contribution in [0, 0.1) is 5.41 Å². The molecule has 25 heavy (non-hydrogen) atoms. The summed E-state index contributed by atoms with van der Waals surface area (Å²) in [7, 11) is 0. The Balaban J connectivity index is 0.00000225. The number of carboxylic acid groups (broad SMARTS) is 1. The lowest BCUT2D eigenvalue weighted by molar-refractivity contribution is 0.0697. The summed E-state index contributed by atoms with van der Waals surface area (Å²) in [5.41, 5.74) is 7.16. The summed E-state index contributed by atoms with van der Waals surface area (Å²) < 4.78 is 0. The highest BCUT2D eigenvalue weighted by Crippen LogP contribution is 2.32. The SMILES string of the molecule is N=C(N)Nc1ncc(Cl)c2ccc(-c3cccc(C(=O)O)c3)cc12.O. The average molecular weight is 359 g/mol. The maximum Gasteiger partial charge on any atom is 0.335 e. The maximum absolute atomic E-state index is 11.1. The molecule has 0 atom stereocenters. The number of halogens is 1. The number of carbonyl (C=O) groups is 1. The summed E-state index contributed by atoms with van der Waals surface area (Å²) in [6, 6.07) is 12.2. The molecular formula is C17H15ClN4O3. The number of anilines is 1. The first-order valence-electron chi connectivity index (χ1n) is 6.99. The molecule has 0 amide bonds. The Morgan fingerprint density at radius 1 is 1.16 bits per heavy atom. The van der Waals surface area contributed by atoms with Crippen LogP contribution < -0.4 is 11.1 Å². The van der Waals surface area contributed by atoms with Crippen molar-refractivity contribution in [1.82, 2.24) is 4.98 Å². The molecule has 0 bridgehead atoms. The first-order valence-corrected chi connectivity index (χ1v) is 7.36. The van der Waals surface area contributed by atoms with E-state index >= 15 is 0 Å². The van der Waals surface area contributed by atoms with Crippen LogP contribution in [0.3, 0.4) is 0 Å². The normalized spacial score (nSPS) is 10.1. The number of nitrogens with one attached hydrogen (secondary N) is 2. The van der Waals surface area contributed by atoms with Gasteiger partial charge in [0.05, 0.1) is 10.6 Å². The topological polar surface area (TPSA) is 144 Å². The number of aromatic carboxylic acids is 1. The molecule has 0 saturated carbocycles. The Bertz CT molecular complexity index is 975. The third kappa shape index (κ3) is 3.68. The molecular weight excluding hydrogens is 344 g/mol. The van der Waals surface area contributed by atoms with Gasteiger partial charge in [0, 0.05) is 17.0 Å². The first kappa shape index (κ1) is 18.2. The lowest BCUT2D eigenvalue weighted by Crippen LogP contribution is -2.21. The van der Waals surface area contributed by atoms with E-state index in [1.807, 2.05) is 24.3 Å². The quantitative estimate of drug-likeness (QED) is 0.420. The fourth-order valence-electron chi connectivity index (χ4n) is 2.45. The van der Waals surface area contributed by atoms with E-state index in [1.165, 1.54) is 12.3 Å². The lowest BCUT2D eigenvalue weighted by Gasteiger charge is -2.11. The molecule has 128 valence electrons. The molecule has 3 aromatic rings. The van der Waals surface area contributed by atoms with E-state index in [0.717, 1.165) is 16.5 Å². The fraction of sp³-hybridized carbons (Fsp3) is 0. The van der Waals surface area contributed by atoms with E-state index in [2.05, 4.69) is 10.3 Å². The van der Waals surface area contributed by atoms with Crippen LogP contribution in [-0.2, 0) is 0 Å². The molecule has 8 heteroatoms. The molecule has 0 aliphatic rings. The number of rotatable bonds is 3. The fourth-order valence-corrected chi connectivity index (χ4v) is 2.66. The summed E-state index contributed by atoms with van der Waals surface area (Å²) in [6.45, 7) is 0. The third-order valence-corrected chi connectivity index (χ3v) is 3.84. The molecule has 0 radical (unpaired) electrons. The highest BCUT2D eigenvalue weighted by molar-refractivity contribution is 6.36. The van der Waals surface area contributed by atoms with Gasteiger partial charge in [0.1, 0.15) is 5.82 Å². The molecule has 0 saturated heterocycles. The van der Waals surface area contributed by atoms with Crippen LogP contribution in [0.15, 0.2) is 48.7 Å². The second-order valence-electron chi connectivity index (χ2n) is 5.14. The van der Waals surface area contributed by atoms with E-state index < -0.39 is 5.97 Å². The van der Waals surface area contributed by atoms with Crippen molar-refractivity contribution in [3.05, 3.63) is 59.2 Å². The first-order chi connectivity index (χ1) is 11.5. The van der Waals surface area contributed by atoms with E-state index in [4.69, 9.17) is 27.9 Å². The number of hydrogen-bond acceptors (Lipinski definition) is 3. The number of guanidine groups is 1. The summed E-state index contributed by atoms with van der Waals surface area (Å²) >= 11 is 6.18. The Hall–Kier alpha value is -3.16. The molecule has 1 heterocycles. The Labute approximate surface area is 147 Å². The van der Waals surface area contributed by atoms with Crippen molar-refractivity contribution in [2.24, 2.45) is 5.73 Å². The highest BCUT2D eigenvalue weighted by atomic mass is 35.5. The second-order valence-corrected chi connectivity index (χ2v) is 5.55. The van der Waals surface area contributed by atoms with Crippen LogP contribution >= 0.6 is 11.6 Å². The minimum atomic E-state index is -0.985. The molecule has 7 N–H and O–H groups in total. The van der Waals surface area contributed by atoms with Gasteiger partial charge in [-0.3, -0.25) is 5.41 Å². The van der Waals surface area contributed by atoms with E-state index in [1.54, 1.807) is 12.1 Å². The van der Waals surface area contributed by atoms with Gasteiger partial charge in [-0.15, -0.1) is 0 Å². The molecule has 0 unspecified atom stereocenters. The van der Waals surface area contributed by atoms with Gasteiger partial charge in [0.25, 0.3) is 0 Å². The number of benzene rings is 2. The number of fused-ring (bicyclic) bond motifs is 1. The van der Waals surface area contributed by atoms with Gasteiger partial charge in [-0.1, -0.05) is 35.9 Å². The molecule has 1 aromatic heterocycles. The monoisotopic (exact) mass is 358 g/mol. The third-order valence-electron chi connectivity index (χ3n) is 3.53. The van der Waals surface area contributed by atoms with E-state index in [0.29, 0.717) is 16.2 Å². The largest absolute Gasteiger partial charge is 0.478 e. The average Bonchev–Trinajstić information content (AvgIpc) is 2.57. The molecule has 2 aromatic carbocycles. The lowest BCUT2D eigenvalue weighted by atomic mass is 10.00. The standard InChI is InChI=1S/C17H13ClN4O2.H2O/c18-14-8-21-15(22-17(19)20)13-7-10(4-5-12(13)14)9-2-1-3-11(6-9)16(23)24;/h1-8H,(H,23,24)(H4,19,20,21,22);1H2. The molecule has 7 nitrogen and oxygen atoms in total. The van der Waals surface area contributed by atoms with Crippen molar-refractivity contribution in [3.63, 3.8) is 0 Å². The van der Waals surface area contributed by atoms with Gasteiger partial charge in [-0.25, -0.2) is 9.78 Å². The number of nitrogens with two attached hydrogens (primary N) is 1. The summed E-state index contributed by atoms with van der Waals surface area (Å²) in [6.07, 6.45) is 1.49. The zero-order valence-corrected chi connectivity index (χ0v) is 13.6. The van der Waals surface area contributed by atoms with Crippen molar-refractivity contribution in [2.45, 2.75) is 0 Å². The zero-order valence-electron chi connectivity index (χ0n) is 12.9. The predicted octanol–water partition coefficient (Wildman–Crippen LogP) is 2.73. The molecule has 0 fully saturated rings. The number of hydrogen-bond donors (Lipinski definition) is 4. The number of pyridine rings is 1. The van der Waals surface area contributed by atoms with Gasteiger partial charge >= 0.3 is 5.97 Å². The molecule has 3 rings (SSSR count). The van der Waals surface area contributed by atoms with Crippen LogP contribution in [0.2, 0.25) is 5.02 Å². The van der Waals surface area contributed by atoms with Crippen molar-refractivity contribution in [3.8, 4) is 11.1 Å². The highest BCUT2D eigenvalue weighted by Gasteiger charge is 2.10. The summed E-state index contributed by atoms with van der Waals surface area (Å²) in [4.78, 5) is 15.3. The van der Waals surface area contributed by atoms with Gasteiger partial charge in [-0.05, 0) is 29.3 Å².